The van der Waals surface area contributed by atoms with Crippen LogP contribution < -0.4 is 19.5 Å². The van der Waals surface area contributed by atoms with Gasteiger partial charge in [0.2, 0.25) is 11.8 Å². The molecule has 3 aliphatic heterocycles. The first-order valence-electron chi connectivity index (χ1n) is 10.8. The molecule has 2 amide bonds. The van der Waals surface area contributed by atoms with E-state index in [4.69, 9.17) is 14.2 Å². The summed E-state index contributed by atoms with van der Waals surface area (Å²) < 4.78 is 32.2. The molecule has 1 N–H and O–H groups in total. The number of benzene rings is 1. The number of hydrogen-bond acceptors (Lipinski definition) is 6. The lowest BCUT2D eigenvalue weighted by atomic mass is 10.1. The van der Waals surface area contributed by atoms with E-state index in [2.05, 4.69) is 10.3 Å². The Morgan fingerprint density at radius 1 is 1.31 bits per heavy atom. The second-order valence-corrected chi connectivity index (χ2v) is 8.27. The van der Waals surface area contributed by atoms with Crippen molar-refractivity contribution in [3.63, 3.8) is 0 Å². The monoisotopic (exact) mass is 441 g/mol. The second kappa shape index (κ2) is 7.96. The van der Waals surface area contributed by atoms with Crippen molar-refractivity contribution >= 4 is 17.5 Å². The molecule has 1 aromatic heterocycles. The Bertz CT molecular complexity index is 1110. The van der Waals surface area contributed by atoms with Gasteiger partial charge in [0.25, 0.3) is 5.91 Å². The fourth-order valence-corrected chi connectivity index (χ4v) is 4.50. The molecule has 1 aromatic carbocycles. The zero-order chi connectivity index (χ0) is 22.4. The van der Waals surface area contributed by atoms with Gasteiger partial charge in [-0.1, -0.05) is 0 Å². The average molecular weight is 441 g/mol. The van der Waals surface area contributed by atoms with Crippen molar-refractivity contribution in [2.75, 3.05) is 25.1 Å². The van der Waals surface area contributed by atoms with Crippen molar-refractivity contribution < 1.29 is 28.2 Å². The van der Waals surface area contributed by atoms with Crippen molar-refractivity contribution in [2.45, 2.75) is 45.3 Å². The van der Waals surface area contributed by atoms with E-state index in [1.165, 1.54) is 0 Å². The molecule has 0 spiro atoms. The Kier molecular flexibility index (Phi) is 5.11. The van der Waals surface area contributed by atoms with Crippen LogP contribution in [0.5, 0.6) is 17.4 Å². The maximum absolute atomic E-state index is 14.7. The number of aromatic nitrogens is 1. The van der Waals surface area contributed by atoms with Gasteiger partial charge < -0.3 is 24.4 Å². The maximum Gasteiger partial charge on any atom is 0.262 e. The highest BCUT2D eigenvalue weighted by Crippen LogP contribution is 2.39. The van der Waals surface area contributed by atoms with Crippen LogP contribution in [0.3, 0.4) is 0 Å². The van der Waals surface area contributed by atoms with Gasteiger partial charge in [0.05, 0.1) is 24.9 Å². The molecule has 2 aromatic rings. The Hall–Kier alpha value is -3.36. The average Bonchev–Trinajstić information content (AvgIpc) is 3.12. The molecule has 0 radical (unpaired) electrons. The highest BCUT2D eigenvalue weighted by Gasteiger charge is 2.42. The van der Waals surface area contributed by atoms with Crippen molar-refractivity contribution in [1.29, 1.82) is 0 Å². The van der Waals surface area contributed by atoms with E-state index in [1.807, 2.05) is 0 Å². The van der Waals surface area contributed by atoms with Crippen LogP contribution >= 0.6 is 0 Å². The molecule has 168 valence electrons. The molecule has 3 aliphatic rings. The van der Waals surface area contributed by atoms with E-state index < -0.39 is 5.82 Å². The quantitative estimate of drug-likeness (QED) is 0.785. The van der Waals surface area contributed by atoms with Crippen molar-refractivity contribution in [2.24, 2.45) is 0 Å². The van der Waals surface area contributed by atoms with E-state index in [0.29, 0.717) is 48.7 Å². The van der Waals surface area contributed by atoms with Gasteiger partial charge in [-0.25, -0.2) is 9.37 Å². The topological polar surface area (TPSA) is 90.0 Å². The first-order valence-corrected chi connectivity index (χ1v) is 10.8. The van der Waals surface area contributed by atoms with E-state index in [1.54, 1.807) is 37.1 Å². The number of carbonyl (C=O) groups excluding carboxylic acids is 2. The molecule has 32 heavy (non-hydrogen) atoms. The third-order valence-corrected chi connectivity index (χ3v) is 6.08. The summed E-state index contributed by atoms with van der Waals surface area (Å²) in [5.41, 5.74) is 2.17. The number of nitrogens with one attached hydrogen (secondary N) is 1. The number of hydrogen-bond donors (Lipinski definition) is 1. The van der Waals surface area contributed by atoms with Gasteiger partial charge in [-0.3, -0.25) is 9.59 Å². The third-order valence-electron chi connectivity index (χ3n) is 6.08. The highest BCUT2D eigenvalue weighted by atomic mass is 19.1. The molecule has 9 heteroatoms. The molecular weight excluding hydrogens is 417 g/mol. The summed E-state index contributed by atoms with van der Waals surface area (Å²) in [4.78, 5) is 31.1. The Morgan fingerprint density at radius 3 is 2.97 bits per heavy atom. The molecule has 0 aliphatic carbocycles. The number of fused-ring (bicyclic) bond motifs is 3. The minimum Gasteiger partial charge on any atom is -0.490 e. The van der Waals surface area contributed by atoms with Gasteiger partial charge in [0.1, 0.15) is 24.0 Å². The van der Waals surface area contributed by atoms with Crippen LogP contribution in [0.15, 0.2) is 18.3 Å². The summed E-state index contributed by atoms with van der Waals surface area (Å²) in [5, 5.41) is 2.84. The number of aryl methyl sites for hydroxylation is 2. The number of anilines is 1. The predicted octanol–water partition coefficient (Wildman–Crippen LogP) is 2.87. The molecule has 1 fully saturated rings. The van der Waals surface area contributed by atoms with Gasteiger partial charge in [0.15, 0.2) is 11.6 Å². The van der Waals surface area contributed by atoms with Gasteiger partial charge in [0, 0.05) is 25.1 Å². The summed E-state index contributed by atoms with van der Waals surface area (Å²) in [7, 11) is 0. The lowest BCUT2D eigenvalue weighted by Gasteiger charge is -2.21. The summed E-state index contributed by atoms with van der Waals surface area (Å²) in [5.74, 6) is -0.243. The SMILES string of the molecule is CCOc1c(F)c(C)cc2c1C(=O)N1C[C@@H](Oc3cc4c(cn3)CCC(=O)N4)C[C@@H]1CO2. The Morgan fingerprint density at radius 2 is 2.16 bits per heavy atom. The lowest BCUT2D eigenvalue weighted by molar-refractivity contribution is -0.116. The molecule has 0 unspecified atom stereocenters. The van der Waals surface area contributed by atoms with Crippen LogP contribution in [0.1, 0.15) is 41.3 Å². The van der Waals surface area contributed by atoms with E-state index in [0.717, 1.165) is 5.56 Å². The highest BCUT2D eigenvalue weighted by molar-refractivity contribution is 6.00. The number of carbonyl (C=O) groups is 2. The minimum absolute atomic E-state index is 0.0297. The van der Waals surface area contributed by atoms with E-state index in [9.17, 15) is 14.0 Å². The smallest absolute Gasteiger partial charge is 0.262 e. The van der Waals surface area contributed by atoms with E-state index >= 15 is 0 Å². The van der Waals surface area contributed by atoms with Crippen LogP contribution in [-0.2, 0) is 11.2 Å². The van der Waals surface area contributed by atoms with Crippen LogP contribution in [0, 0.1) is 12.7 Å². The van der Waals surface area contributed by atoms with Gasteiger partial charge in [-0.2, -0.15) is 0 Å². The van der Waals surface area contributed by atoms with Crippen LogP contribution in [0.25, 0.3) is 0 Å². The van der Waals surface area contributed by atoms with Gasteiger partial charge in [-0.05, 0) is 37.5 Å². The fraction of sp³-hybridized carbons (Fsp3) is 0.435. The largest absolute Gasteiger partial charge is 0.490 e. The normalized spacial score (nSPS) is 21.7. The predicted molar refractivity (Wildman–Crippen MR) is 113 cm³/mol. The Labute approximate surface area is 184 Å². The van der Waals surface area contributed by atoms with Gasteiger partial charge >= 0.3 is 0 Å². The molecule has 1 saturated heterocycles. The number of nitrogens with zero attached hydrogens (tertiary/aromatic N) is 2. The third kappa shape index (κ3) is 3.51. The molecule has 0 bridgehead atoms. The molecule has 0 saturated carbocycles. The standard InChI is InChI=1S/C23H24FN3O5/c1-3-30-22-20-17(6-12(2)21(22)24)31-11-14-7-15(10-27(14)23(20)29)32-19-8-16-13(9-25-19)4-5-18(28)26-16/h6,8-9,14-15H,3-5,7,10-11H2,1-2H3,(H,26,28)/t14-,15+/m1/s1. The van der Waals surface area contributed by atoms with Crippen LogP contribution in [0.4, 0.5) is 10.1 Å². The number of rotatable bonds is 4. The van der Waals surface area contributed by atoms with Crippen LogP contribution in [-0.4, -0.2) is 53.6 Å². The second-order valence-electron chi connectivity index (χ2n) is 8.27. The first-order chi connectivity index (χ1) is 15.4. The van der Waals surface area contributed by atoms with Crippen molar-refractivity contribution in [1.82, 2.24) is 9.88 Å². The molecule has 8 nitrogen and oxygen atoms in total. The van der Waals surface area contributed by atoms with E-state index in [-0.39, 0.29) is 48.5 Å². The molecule has 2 atom stereocenters. The number of pyridine rings is 1. The summed E-state index contributed by atoms with van der Waals surface area (Å²) in [6.45, 7) is 4.19. The summed E-state index contributed by atoms with van der Waals surface area (Å²) in [6, 6.07) is 3.05. The zero-order valence-electron chi connectivity index (χ0n) is 17.9. The number of ether oxygens (including phenoxy) is 3. The zero-order valence-corrected chi connectivity index (χ0v) is 17.9. The molecule has 4 heterocycles. The van der Waals surface area contributed by atoms with Gasteiger partial charge in [-0.15, -0.1) is 0 Å². The maximum atomic E-state index is 14.7. The molecular formula is C23H24FN3O5. The molecule has 5 rings (SSSR count). The number of amides is 2. The first kappa shape index (κ1) is 20.5. The Balaban J connectivity index is 1.37. The van der Waals surface area contributed by atoms with Crippen molar-refractivity contribution in [3.8, 4) is 17.4 Å². The van der Waals surface area contributed by atoms with Crippen molar-refractivity contribution in [3.05, 3.63) is 40.8 Å². The lowest BCUT2D eigenvalue weighted by Crippen LogP contribution is -2.37. The summed E-state index contributed by atoms with van der Waals surface area (Å²) >= 11 is 0. The van der Waals surface area contributed by atoms with Crippen LogP contribution in [0.2, 0.25) is 0 Å². The fourth-order valence-electron chi connectivity index (χ4n) is 4.50. The minimum atomic E-state index is -0.548. The number of halogens is 1. The summed E-state index contributed by atoms with van der Waals surface area (Å²) in [6.07, 6.45) is 3.06.